The first kappa shape index (κ1) is 29.8. The number of benzene rings is 3. The van der Waals surface area contributed by atoms with Gasteiger partial charge in [0.25, 0.3) is 23.4 Å². The normalized spacial score (nSPS) is 13.1. The first-order chi connectivity index (χ1) is 21.1. The summed E-state index contributed by atoms with van der Waals surface area (Å²) in [5, 5.41) is 14.5. The SMILES string of the molecule is CC(NC(=O)c1cc2ccc(OC(=O)CCCCCN3C(=O)c4cccc([N+](=O)[O-])c4C3=O)cc2oc1=O)c1ccccc1. The Morgan fingerprint density at radius 2 is 1.73 bits per heavy atom. The summed E-state index contributed by atoms with van der Waals surface area (Å²) in [7, 11) is 0. The molecule has 1 aliphatic heterocycles. The topological polar surface area (TPSA) is 166 Å². The number of nitrogens with zero attached hydrogens (tertiary/aromatic N) is 2. The summed E-state index contributed by atoms with van der Waals surface area (Å²) >= 11 is 0. The molecule has 0 bridgehead atoms. The summed E-state index contributed by atoms with van der Waals surface area (Å²) in [5.41, 5.74) is -0.539. The van der Waals surface area contributed by atoms with Gasteiger partial charge in [0.15, 0.2) is 0 Å². The highest BCUT2D eigenvalue weighted by atomic mass is 16.6. The van der Waals surface area contributed by atoms with Gasteiger partial charge in [0.1, 0.15) is 22.5 Å². The van der Waals surface area contributed by atoms with Crippen LogP contribution in [0, 0.1) is 10.1 Å². The second kappa shape index (κ2) is 12.7. The maximum atomic E-state index is 12.7. The third kappa shape index (κ3) is 6.24. The van der Waals surface area contributed by atoms with Crippen molar-refractivity contribution in [2.75, 3.05) is 6.54 Å². The number of nitro groups is 1. The largest absolute Gasteiger partial charge is 0.426 e. The molecule has 0 radical (unpaired) electrons. The van der Waals surface area contributed by atoms with Crippen molar-refractivity contribution in [1.29, 1.82) is 0 Å². The molecule has 0 fully saturated rings. The molecular weight excluding hydrogens is 570 g/mol. The number of imide groups is 1. The fourth-order valence-corrected chi connectivity index (χ4v) is 4.98. The predicted octanol–water partition coefficient (Wildman–Crippen LogP) is 4.95. The molecule has 0 saturated heterocycles. The van der Waals surface area contributed by atoms with Crippen LogP contribution in [0.15, 0.2) is 82.0 Å². The number of carbonyl (C=O) groups excluding carboxylic acids is 4. The molecule has 3 aromatic carbocycles. The molecule has 12 nitrogen and oxygen atoms in total. The molecule has 3 amide bonds. The van der Waals surface area contributed by atoms with Crippen LogP contribution in [0.2, 0.25) is 0 Å². The molecule has 0 aliphatic carbocycles. The number of carbonyl (C=O) groups is 4. The van der Waals surface area contributed by atoms with E-state index in [4.69, 9.17) is 9.15 Å². The van der Waals surface area contributed by atoms with Gasteiger partial charge in [-0.05, 0) is 49.6 Å². The summed E-state index contributed by atoms with van der Waals surface area (Å²) in [6, 6.07) is 18.8. The van der Waals surface area contributed by atoms with Crippen LogP contribution in [0.1, 0.15) is 75.3 Å². The molecular formula is C32H27N3O9. The van der Waals surface area contributed by atoms with E-state index in [2.05, 4.69) is 5.32 Å². The molecule has 4 aromatic rings. The first-order valence-corrected chi connectivity index (χ1v) is 13.9. The van der Waals surface area contributed by atoms with Gasteiger partial charge in [-0.1, -0.05) is 42.8 Å². The van der Waals surface area contributed by atoms with Crippen LogP contribution < -0.4 is 15.7 Å². The molecule has 1 aliphatic rings. The van der Waals surface area contributed by atoms with Gasteiger partial charge in [-0.25, -0.2) is 4.79 Å². The third-order valence-corrected chi connectivity index (χ3v) is 7.27. The number of nitro benzene ring substituents is 1. The average Bonchev–Trinajstić information content (AvgIpc) is 3.25. The highest BCUT2D eigenvalue weighted by molar-refractivity contribution is 6.23. The van der Waals surface area contributed by atoms with Crippen molar-refractivity contribution in [3.05, 3.63) is 116 Å². The Labute approximate surface area is 250 Å². The maximum Gasteiger partial charge on any atom is 0.349 e. The minimum absolute atomic E-state index is 0.0103. The zero-order chi connectivity index (χ0) is 31.4. The van der Waals surface area contributed by atoms with Crippen LogP contribution in [0.25, 0.3) is 11.0 Å². The maximum absolute atomic E-state index is 12.7. The van der Waals surface area contributed by atoms with Crippen LogP contribution in [-0.4, -0.2) is 40.1 Å². The lowest BCUT2D eigenvalue weighted by atomic mass is 10.1. The first-order valence-electron chi connectivity index (χ1n) is 13.9. The van der Waals surface area contributed by atoms with Crippen molar-refractivity contribution in [2.24, 2.45) is 0 Å². The van der Waals surface area contributed by atoms with Crippen molar-refractivity contribution in [3.8, 4) is 5.75 Å². The van der Waals surface area contributed by atoms with Crippen molar-refractivity contribution in [2.45, 2.75) is 38.6 Å². The Bertz CT molecular complexity index is 1850. The Kier molecular flexibility index (Phi) is 8.61. The van der Waals surface area contributed by atoms with Gasteiger partial charge in [-0.2, -0.15) is 0 Å². The fourth-order valence-electron chi connectivity index (χ4n) is 4.98. The lowest BCUT2D eigenvalue weighted by molar-refractivity contribution is -0.385. The molecule has 224 valence electrons. The quantitative estimate of drug-likeness (QED) is 0.0478. The number of amides is 3. The smallest absolute Gasteiger partial charge is 0.349 e. The number of rotatable bonds is 11. The van der Waals surface area contributed by atoms with Crippen LogP contribution in [0.4, 0.5) is 5.69 Å². The van der Waals surface area contributed by atoms with E-state index in [0.29, 0.717) is 24.6 Å². The lowest BCUT2D eigenvalue weighted by Crippen LogP contribution is -2.30. The molecule has 1 aromatic heterocycles. The van der Waals surface area contributed by atoms with Crippen LogP contribution in [0.3, 0.4) is 0 Å². The number of ether oxygens (including phenoxy) is 1. The minimum atomic E-state index is -0.827. The van der Waals surface area contributed by atoms with E-state index in [0.717, 1.165) is 10.5 Å². The molecule has 12 heteroatoms. The Hall–Kier alpha value is -5.65. The van der Waals surface area contributed by atoms with E-state index < -0.39 is 39.9 Å². The lowest BCUT2D eigenvalue weighted by Gasteiger charge is -2.14. The van der Waals surface area contributed by atoms with Crippen molar-refractivity contribution >= 4 is 40.3 Å². The van der Waals surface area contributed by atoms with E-state index in [-0.39, 0.29) is 47.0 Å². The van der Waals surface area contributed by atoms with Gasteiger partial charge in [0, 0.05) is 30.5 Å². The second-order valence-corrected chi connectivity index (χ2v) is 10.3. The van der Waals surface area contributed by atoms with Gasteiger partial charge >= 0.3 is 11.6 Å². The Balaban J connectivity index is 1.11. The number of fused-ring (bicyclic) bond motifs is 2. The third-order valence-electron chi connectivity index (χ3n) is 7.27. The molecule has 0 saturated carbocycles. The van der Waals surface area contributed by atoms with Gasteiger partial charge in [0.2, 0.25) is 0 Å². The van der Waals surface area contributed by atoms with Gasteiger partial charge < -0.3 is 14.5 Å². The van der Waals surface area contributed by atoms with Crippen LogP contribution in [-0.2, 0) is 4.79 Å². The predicted molar refractivity (Wildman–Crippen MR) is 157 cm³/mol. The van der Waals surface area contributed by atoms with E-state index in [1.165, 1.54) is 36.4 Å². The standard InChI is InChI=1S/C32H27N3O9/c1-19(20-9-4-2-5-10-20)33-29(37)24-17-21-14-15-22(18-26(21)44-32(24)40)43-27(36)13-6-3-7-16-34-30(38)23-11-8-12-25(35(41)42)28(23)31(34)39/h2,4-5,8-12,14-15,17-19H,3,6-7,13,16H2,1H3,(H,33,37). The van der Waals surface area contributed by atoms with Crippen molar-refractivity contribution in [1.82, 2.24) is 10.2 Å². The van der Waals surface area contributed by atoms with Crippen molar-refractivity contribution in [3.63, 3.8) is 0 Å². The minimum Gasteiger partial charge on any atom is -0.426 e. The summed E-state index contributed by atoms with van der Waals surface area (Å²) in [6.07, 6.45) is 1.34. The van der Waals surface area contributed by atoms with Crippen molar-refractivity contribution < 1.29 is 33.3 Å². The van der Waals surface area contributed by atoms with E-state index in [1.54, 1.807) is 13.0 Å². The zero-order valence-electron chi connectivity index (χ0n) is 23.6. The Morgan fingerprint density at radius 1 is 0.955 bits per heavy atom. The van der Waals surface area contributed by atoms with Crippen LogP contribution in [0.5, 0.6) is 5.75 Å². The van der Waals surface area contributed by atoms with Gasteiger partial charge in [-0.3, -0.25) is 34.2 Å². The van der Waals surface area contributed by atoms with E-state index in [1.807, 2.05) is 30.3 Å². The fraction of sp³-hybridized carbons (Fsp3) is 0.219. The Morgan fingerprint density at radius 3 is 2.48 bits per heavy atom. The summed E-state index contributed by atoms with van der Waals surface area (Å²) in [6.45, 7) is 1.87. The molecule has 5 rings (SSSR count). The monoisotopic (exact) mass is 597 g/mol. The molecule has 44 heavy (non-hydrogen) atoms. The highest BCUT2D eigenvalue weighted by Gasteiger charge is 2.40. The van der Waals surface area contributed by atoms with Crippen LogP contribution >= 0.6 is 0 Å². The number of unbranched alkanes of at least 4 members (excludes halogenated alkanes) is 2. The molecule has 1 unspecified atom stereocenters. The number of hydrogen-bond acceptors (Lipinski definition) is 9. The van der Waals surface area contributed by atoms with Gasteiger partial charge in [0.05, 0.1) is 16.5 Å². The molecule has 1 atom stereocenters. The molecule has 0 spiro atoms. The number of nitrogens with one attached hydrogen (secondary N) is 1. The average molecular weight is 598 g/mol. The number of esters is 1. The summed E-state index contributed by atoms with van der Waals surface area (Å²) in [5.74, 6) is -2.22. The summed E-state index contributed by atoms with van der Waals surface area (Å²) in [4.78, 5) is 74.5. The van der Waals surface area contributed by atoms with Gasteiger partial charge in [-0.15, -0.1) is 0 Å². The summed E-state index contributed by atoms with van der Waals surface area (Å²) < 4.78 is 10.7. The van der Waals surface area contributed by atoms with E-state index in [9.17, 15) is 34.1 Å². The number of hydrogen-bond donors (Lipinski definition) is 1. The second-order valence-electron chi connectivity index (χ2n) is 10.3. The molecule has 2 heterocycles. The molecule has 1 N–H and O–H groups in total. The zero-order valence-corrected chi connectivity index (χ0v) is 23.6. The van der Waals surface area contributed by atoms with E-state index >= 15 is 0 Å². The highest BCUT2D eigenvalue weighted by Crippen LogP contribution is 2.31.